The number of nitrogens with zero attached hydrogens (tertiary/aromatic N) is 2. The molecule has 7 heteroatoms. The number of ether oxygens (including phenoxy) is 2. The van der Waals surface area contributed by atoms with Crippen LogP contribution in [0.3, 0.4) is 0 Å². The number of methoxy groups -OCH3 is 1. The van der Waals surface area contributed by atoms with E-state index in [1.165, 1.54) is 4.31 Å². The Hall–Kier alpha value is -2.64. The minimum absolute atomic E-state index is 0.216. The fraction of sp³-hybridized carbons (Fsp3) is 0.250. The van der Waals surface area contributed by atoms with Crippen LogP contribution in [0, 0.1) is 0 Å². The van der Waals surface area contributed by atoms with Crippen LogP contribution in [-0.4, -0.2) is 44.0 Å². The van der Waals surface area contributed by atoms with Gasteiger partial charge in [-0.05, 0) is 42.8 Å². The van der Waals surface area contributed by atoms with Crippen molar-refractivity contribution in [2.45, 2.75) is 17.4 Å². The second-order valence-electron chi connectivity index (χ2n) is 6.41. The molecule has 1 atom stereocenters. The average Bonchev–Trinajstić information content (AvgIpc) is 3.17. The molecule has 0 amide bonds. The zero-order chi connectivity index (χ0) is 18.9. The van der Waals surface area contributed by atoms with Crippen LogP contribution in [-0.2, 0) is 10.0 Å². The number of aromatic nitrogens is 1. The van der Waals surface area contributed by atoms with Gasteiger partial charge >= 0.3 is 0 Å². The zero-order valence-corrected chi connectivity index (χ0v) is 15.7. The van der Waals surface area contributed by atoms with Crippen molar-refractivity contribution < 1.29 is 17.9 Å². The maximum absolute atomic E-state index is 12.8. The van der Waals surface area contributed by atoms with Crippen LogP contribution in [0.4, 0.5) is 0 Å². The largest absolute Gasteiger partial charge is 0.497 e. The van der Waals surface area contributed by atoms with Gasteiger partial charge in [0, 0.05) is 18.0 Å². The van der Waals surface area contributed by atoms with Gasteiger partial charge in [-0.1, -0.05) is 18.2 Å². The van der Waals surface area contributed by atoms with Crippen molar-refractivity contribution in [3.63, 3.8) is 0 Å². The summed E-state index contributed by atoms with van der Waals surface area (Å²) in [6, 6.07) is 18.0. The predicted octanol–water partition coefficient (Wildman–Crippen LogP) is 3.09. The molecule has 1 aliphatic rings. The van der Waals surface area contributed by atoms with Crippen LogP contribution in [0.2, 0.25) is 0 Å². The summed E-state index contributed by atoms with van der Waals surface area (Å²) in [5, 5.41) is 1.04. The van der Waals surface area contributed by atoms with Crippen molar-refractivity contribution in [3.05, 3.63) is 60.7 Å². The number of hydrogen-bond donors (Lipinski definition) is 0. The SMILES string of the molecule is COc1ccc(S(=O)(=O)N2CCC(Oc3ccc4ccccc4n3)C2)cc1. The first-order valence-corrected chi connectivity index (χ1v) is 10.2. The molecule has 4 rings (SSSR count). The second-order valence-corrected chi connectivity index (χ2v) is 8.35. The van der Waals surface area contributed by atoms with E-state index < -0.39 is 10.0 Å². The summed E-state index contributed by atoms with van der Waals surface area (Å²) in [7, 11) is -2.00. The molecular weight excluding hydrogens is 364 g/mol. The molecule has 2 heterocycles. The molecule has 0 bridgehead atoms. The zero-order valence-electron chi connectivity index (χ0n) is 14.9. The van der Waals surface area contributed by atoms with E-state index in [1.807, 2.05) is 36.4 Å². The molecule has 27 heavy (non-hydrogen) atoms. The standard InChI is InChI=1S/C20H20N2O4S/c1-25-16-7-9-18(10-8-16)27(23,24)22-13-12-17(14-22)26-20-11-6-15-4-2-3-5-19(15)21-20/h2-11,17H,12-14H2,1H3. The molecule has 1 unspecified atom stereocenters. The van der Waals surface area contributed by atoms with Crippen molar-refractivity contribution in [3.8, 4) is 11.6 Å². The van der Waals surface area contributed by atoms with Gasteiger partial charge in [0.25, 0.3) is 0 Å². The van der Waals surface area contributed by atoms with Gasteiger partial charge in [0.1, 0.15) is 11.9 Å². The molecule has 2 aromatic carbocycles. The molecule has 1 aliphatic heterocycles. The van der Waals surface area contributed by atoms with Gasteiger partial charge in [0.05, 0.1) is 24.1 Å². The van der Waals surface area contributed by atoms with E-state index >= 15 is 0 Å². The molecule has 0 saturated carbocycles. The third-order valence-corrected chi connectivity index (χ3v) is 6.54. The molecule has 1 fully saturated rings. The molecule has 6 nitrogen and oxygen atoms in total. The fourth-order valence-electron chi connectivity index (χ4n) is 3.19. The normalized spacial score (nSPS) is 17.9. The van der Waals surface area contributed by atoms with Crippen molar-refractivity contribution in [1.29, 1.82) is 0 Å². The monoisotopic (exact) mass is 384 g/mol. The summed E-state index contributed by atoms with van der Waals surface area (Å²) in [4.78, 5) is 4.76. The highest BCUT2D eigenvalue weighted by Gasteiger charge is 2.33. The van der Waals surface area contributed by atoms with Crippen molar-refractivity contribution in [2.24, 2.45) is 0 Å². The third-order valence-electron chi connectivity index (χ3n) is 4.67. The smallest absolute Gasteiger partial charge is 0.243 e. The average molecular weight is 384 g/mol. The first kappa shape index (κ1) is 17.8. The van der Waals surface area contributed by atoms with Gasteiger partial charge in [-0.25, -0.2) is 13.4 Å². The number of benzene rings is 2. The Morgan fingerprint density at radius 2 is 1.81 bits per heavy atom. The summed E-state index contributed by atoms with van der Waals surface area (Å²) in [5.74, 6) is 1.14. The molecule has 3 aromatic rings. The first-order chi connectivity index (χ1) is 13.1. The molecule has 0 N–H and O–H groups in total. The second kappa shape index (κ2) is 7.17. The Morgan fingerprint density at radius 1 is 1.04 bits per heavy atom. The molecule has 1 aromatic heterocycles. The molecule has 0 aliphatic carbocycles. The van der Waals surface area contributed by atoms with E-state index in [0.717, 1.165) is 10.9 Å². The van der Waals surface area contributed by atoms with Crippen LogP contribution >= 0.6 is 0 Å². The van der Waals surface area contributed by atoms with Gasteiger partial charge in [-0.2, -0.15) is 4.31 Å². The Bertz CT molecular complexity index is 1050. The van der Waals surface area contributed by atoms with Crippen LogP contribution in [0.5, 0.6) is 11.6 Å². The third kappa shape index (κ3) is 3.61. The summed E-state index contributed by atoms with van der Waals surface area (Å²) in [6.07, 6.45) is 0.413. The van der Waals surface area contributed by atoms with Gasteiger partial charge < -0.3 is 9.47 Å². The highest BCUT2D eigenvalue weighted by Crippen LogP contribution is 2.25. The highest BCUT2D eigenvalue weighted by molar-refractivity contribution is 7.89. The minimum atomic E-state index is -3.55. The lowest BCUT2D eigenvalue weighted by atomic mass is 10.2. The van der Waals surface area contributed by atoms with E-state index in [1.54, 1.807) is 31.4 Å². The van der Waals surface area contributed by atoms with Gasteiger partial charge in [-0.3, -0.25) is 0 Å². The van der Waals surface area contributed by atoms with Gasteiger partial charge in [0.15, 0.2) is 0 Å². The lowest BCUT2D eigenvalue weighted by molar-refractivity contribution is 0.207. The number of rotatable bonds is 5. The number of para-hydroxylation sites is 1. The first-order valence-electron chi connectivity index (χ1n) is 8.73. The van der Waals surface area contributed by atoms with E-state index in [2.05, 4.69) is 4.98 Å². The molecule has 0 spiro atoms. The van der Waals surface area contributed by atoms with Crippen LogP contribution in [0.15, 0.2) is 65.6 Å². The maximum Gasteiger partial charge on any atom is 0.243 e. The van der Waals surface area contributed by atoms with Crippen molar-refractivity contribution >= 4 is 20.9 Å². The molecule has 140 valence electrons. The van der Waals surface area contributed by atoms with Crippen molar-refractivity contribution in [1.82, 2.24) is 9.29 Å². The molecular formula is C20H20N2O4S. The van der Waals surface area contributed by atoms with Crippen LogP contribution in [0.25, 0.3) is 10.9 Å². The lowest BCUT2D eigenvalue weighted by Gasteiger charge is -2.17. The maximum atomic E-state index is 12.8. The topological polar surface area (TPSA) is 68.7 Å². The van der Waals surface area contributed by atoms with E-state index in [0.29, 0.717) is 31.1 Å². The Balaban J connectivity index is 1.47. The van der Waals surface area contributed by atoms with Gasteiger partial charge in [0.2, 0.25) is 15.9 Å². The van der Waals surface area contributed by atoms with E-state index in [9.17, 15) is 8.42 Å². The predicted molar refractivity (Wildman–Crippen MR) is 103 cm³/mol. The summed E-state index contributed by atoms with van der Waals surface area (Å²) in [5.41, 5.74) is 0.857. The molecule has 0 radical (unpaired) electrons. The Labute approximate surface area is 158 Å². The van der Waals surface area contributed by atoms with Crippen LogP contribution in [0.1, 0.15) is 6.42 Å². The molecule has 1 saturated heterocycles. The number of sulfonamides is 1. The number of hydrogen-bond acceptors (Lipinski definition) is 5. The summed E-state index contributed by atoms with van der Waals surface area (Å²) >= 11 is 0. The van der Waals surface area contributed by atoms with E-state index in [4.69, 9.17) is 9.47 Å². The summed E-state index contributed by atoms with van der Waals surface area (Å²) < 4.78 is 38.1. The number of pyridine rings is 1. The Morgan fingerprint density at radius 3 is 2.59 bits per heavy atom. The lowest BCUT2D eigenvalue weighted by Crippen LogP contribution is -2.31. The quantitative estimate of drug-likeness (QED) is 0.676. The Kier molecular flexibility index (Phi) is 4.72. The fourth-order valence-corrected chi connectivity index (χ4v) is 4.68. The van der Waals surface area contributed by atoms with Crippen molar-refractivity contribution in [2.75, 3.05) is 20.2 Å². The van der Waals surface area contributed by atoms with Crippen LogP contribution < -0.4 is 9.47 Å². The highest BCUT2D eigenvalue weighted by atomic mass is 32.2. The number of fused-ring (bicyclic) bond motifs is 1. The van der Waals surface area contributed by atoms with Gasteiger partial charge in [-0.15, -0.1) is 0 Å². The minimum Gasteiger partial charge on any atom is -0.497 e. The summed E-state index contributed by atoms with van der Waals surface area (Å²) in [6.45, 7) is 0.732. The van der Waals surface area contributed by atoms with E-state index in [-0.39, 0.29) is 11.0 Å².